The quantitative estimate of drug-likeness (QED) is 0.440. The van der Waals surface area contributed by atoms with Crippen molar-refractivity contribution in [3.05, 3.63) is 66.0 Å². The second kappa shape index (κ2) is 10.4. The minimum absolute atomic E-state index is 0.239. The Kier molecular flexibility index (Phi) is 7.51. The molecular weight excluding hydrogens is 318 g/mol. The molecule has 0 unspecified atom stereocenters. The second-order valence-electron chi connectivity index (χ2n) is 5.04. The molecule has 2 N–H and O–H groups in total. The highest BCUT2D eigenvalue weighted by Crippen LogP contribution is 1.98. The maximum absolute atomic E-state index is 11.7. The van der Waals surface area contributed by atoms with E-state index in [0.717, 1.165) is 6.42 Å². The predicted octanol–water partition coefficient (Wildman–Crippen LogP) is 2.38. The number of rotatable bonds is 8. The van der Waals surface area contributed by atoms with E-state index in [2.05, 4.69) is 26.0 Å². The van der Waals surface area contributed by atoms with Crippen molar-refractivity contribution in [3.63, 3.8) is 0 Å². The smallest absolute Gasteiger partial charge is 0.267 e. The van der Waals surface area contributed by atoms with E-state index in [4.69, 9.17) is 0 Å². The zero-order valence-electron chi connectivity index (χ0n) is 13.6. The Balaban J connectivity index is 1.57. The van der Waals surface area contributed by atoms with Crippen LogP contribution in [0.1, 0.15) is 40.0 Å². The summed E-state index contributed by atoms with van der Waals surface area (Å²) in [5, 5.41) is 7.76. The zero-order valence-corrected chi connectivity index (χ0v) is 13.6. The van der Waals surface area contributed by atoms with Crippen LogP contribution in [0.15, 0.2) is 65.1 Å². The van der Waals surface area contributed by atoms with Crippen LogP contribution in [-0.4, -0.2) is 29.2 Å². The normalized spacial score (nSPS) is 10.9. The van der Waals surface area contributed by atoms with Gasteiger partial charge in [0.1, 0.15) is 0 Å². The Bertz CT molecular complexity index is 666. The fourth-order valence-electron chi connectivity index (χ4n) is 1.86. The number of amides is 2. The molecule has 2 aromatic rings. The summed E-state index contributed by atoms with van der Waals surface area (Å²) in [6.07, 6.45) is 8.57. The number of hydrogen-bond donors (Lipinski definition) is 2. The summed E-state index contributed by atoms with van der Waals surface area (Å²) in [5.74, 6) is -0.513. The molecule has 0 spiro atoms. The summed E-state index contributed by atoms with van der Waals surface area (Å²) >= 11 is 0. The SMILES string of the molecule is O=C(N/N=C/CCC/C=N/NC(=O)c1ccncc1)c1ccccc1. The molecule has 0 bridgehead atoms. The lowest BCUT2D eigenvalue weighted by molar-refractivity contribution is 0.0947. The Morgan fingerprint density at radius 1 is 0.840 bits per heavy atom. The van der Waals surface area contributed by atoms with Gasteiger partial charge in [-0.2, -0.15) is 10.2 Å². The fraction of sp³-hybridized carbons (Fsp3) is 0.167. The summed E-state index contributed by atoms with van der Waals surface area (Å²) in [7, 11) is 0. The number of hydrazone groups is 2. The van der Waals surface area contributed by atoms with Crippen LogP contribution >= 0.6 is 0 Å². The molecule has 0 saturated heterocycles. The maximum Gasteiger partial charge on any atom is 0.271 e. The third-order valence-electron chi connectivity index (χ3n) is 3.16. The summed E-state index contributed by atoms with van der Waals surface area (Å²) in [4.78, 5) is 27.2. The van der Waals surface area contributed by atoms with Gasteiger partial charge in [-0.25, -0.2) is 10.9 Å². The molecule has 0 aliphatic rings. The molecule has 2 rings (SSSR count). The van der Waals surface area contributed by atoms with Crippen molar-refractivity contribution in [3.8, 4) is 0 Å². The van der Waals surface area contributed by atoms with Gasteiger partial charge in [-0.3, -0.25) is 14.6 Å². The van der Waals surface area contributed by atoms with Gasteiger partial charge >= 0.3 is 0 Å². The molecule has 0 atom stereocenters. The molecule has 128 valence electrons. The van der Waals surface area contributed by atoms with Crippen molar-refractivity contribution < 1.29 is 9.59 Å². The van der Waals surface area contributed by atoms with E-state index in [0.29, 0.717) is 24.0 Å². The molecule has 0 radical (unpaired) electrons. The molecule has 7 heteroatoms. The fourth-order valence-corrected chi connectivity index (χ4v) is 1.86. The van der Waals surface area contributed by atoms with Crippen molar-refractivity contribution in [1.82, 2.24) is 15.8 Å². The Morgan fingerprint density at radius 3 is 1.92 bits per heavy atom. The first-order chi connectivity index (χ1) is 12.3. The van der Waals surface area contributed by atoms with Crippen LogP contribution < -0.4 is 10.9 Å². The predicted molar refractivity (Wildman–Crippen MR) is 96.4 cm³/mol. The summed E-state index contributed by atoms with van der Waals surface area (Å²) < 4.78 is 0. The van der Waals surface area contributed by atoms with E-state index < -0.39 is 0 Å². The van der Waals surface area contributed by atoms with Gasteiger partial charge in [-0.1, -0.05) is 18.2 Å². The third kappa shape index (κ3) is 6.74. The number of carbonyl (C=O) groups excluding carboxylic acids is 2. The van der Waals surface area contributed by atoms with E-state index in [1.54, 1.807) is 61.2 Å². The van der Waals surface area contributed by atoms with E-state index in [1.165, 1.54) is 0 Å². The molecule has 0 fully saturated rings. The highest BCUT2D eigenvalue weighted by Gasteiger charge is 2.02. The number of pyridine rings is 1. The van der Waals surface area contributed by atoms with Crippen LogP contribution in [0.3, 0.4) is 0 Å². The summed E-state index contributed by atoms with van der Waals surface area (Å²) in [5.41, 5.74) is 5.99. The van der Waals surface area contributed by atoms with E-state index in [-0.39, 0.29) is 11.8 Å². The molecular formula is C18H19N5O2. The minimum Gasteiger partial charge on any atom is -0.267 e. The van der Waals surface area contributed by atoms with Gasteiger partial charge in [0.25, 0.3) is 11.8 Å². The first-order valence-corrected chi connectivity index (χ1v) is 7.86. The first kappa shape index (κ1) is 18.0. The van der Waals surface area contributed by atoms with Gasteiger partial charge in [-0.05, 0) is 43.5 Å². The van der Waals surface area contributed by atoms with E-state index >= 15 is 0 Å². The molecule has 0 saturated carbocycles. The van der Waals surface area contributed by atoms with Crippen molar-refractivity contribution in [2.45, 2.75) is 19.3 Å². The van der Waals surface area contributed by atoms with Crippen molar-refractivity contribution in [2.75, 3.05) is 0 Å². The maximum atomic E-state index is 11.7. The minimum atomic E-state index is -0.274. The Morgan fingerprint density at radius 2 is 1.36 bits per heavy atom. The average molecular weight is 337 g/mol. The van der Waals surface area contributed by atoms with Crippen LogP contribution in [-0.2, 0) is 0 Å². The number of hydrogen-bond acceptors (Lipinski definition) is 5. The summed E-state index contributed by atoms with van der Waals surface area (Å²) in [6.45, 7) is 0. The monoisotopic (exact) mass is 337 g/mol. The zero-order chi connectivity index (χ0) is 17.7. The number of benzene rings is 1. The molecule has 25 heavy (non-hydrogen) atoms. The highest BCUT2D eigenvalue weighted by molar-refractivity contribution is 5.94. The lowest BCUT2D eigenvalue weighted by atomic mass is 10.2. The molecule has 1 aromatic carbocycles. The van der Waals surface area contributed by atoms with Gasteiger partial charge in [-0.15, -0.1) is 0 Å². The molecule has 0 aliphatic carbocycles. The molecule has 0 aliphatic heterocycles. The molecule has 7 nitrogen and oxygen atoms in total. The van der Waals surface area contributed by atoms with Gasteiger partial charge in [0, 0.05) is 35.9 Å². The number of aromatic nitrogens is 1. The second-order valence-corrected chi connectivity index (χ2v) is 5.04. The average Bonchev–Trinajstić information content (AvgIpc) is 2.67. The van der Waals surface area contributed by atoms with Crippen molar-refractivity contribution >= 4 is 24.2 Å². The number of unbranched alkanes of at least 4 members (excludes halogenated alkanes) is 2. The van der Waals surface area contributed by atoms with Gasteiger partial charge < -0.3 is 0 Å². The van der Waals surface area contributed by atoms with Crippen LogP contribution in [0.25, 0.3) is 0 Å². The number of nitrogens with one attached hydrogen (secondary N) is 2. The third-order valence-corrected chi connectivity index (χ3v) is 3.16. The van der Waals surface area contributed by atoms with Crippen LogP contribution in [0.5, 0.6) is 0 Å². The summed E-state index contributed by atoms with van der Waals surface area (Å²) in [6, 6.07) is 12.1. The Labute approximate surface area is 145 Å². The largest absolute Gasteiger partial charge is 0.271 e. The molecule has 1 aromatic heterocycles. The van der Waals surface area contributed by atoms with Gasteiger partial charge in [0.2, 0.25) is 0 Å². The van der Waals surface area contributed by atoms with E-state index in [9.17, 15) is 9.59 Å². The van der Waals surface area contributed by atoms with Crippen molar-refractivity contribution in [1.29, 1.82) is 0 Å². The highest BCUT2D eigenvalue weighted by atomic mass is 16.2. The van der Waals surface area contributed by atoms with Gasteiger partial charge in [0.05, 0.1) is 0 Å². The first-order valence-electron chi connectivity index (χ1n) is 7.86. The molecule has 1 heterocycles. The lowest BCUT2D eigenvalue weighted by Crippen LogP contribution is -2.17. The topological polar surface area (TPSA) is 95.8 Å². The number of carbonyl (C=O) groups is 2. The standard InChI is InChI=1S/C18H19N5O2/c24-17(15-7-3-1-4-8-15)22-20-11-5-2-6-12-21-23-18(25)16-9-13-19-14-10-16/h1,3-4,7-14H,2,5-6H2,(H,22,24)(H,23,25)/b20-11+,21-12+. The Hall–Kier alpha value is -3.35. The van der Waals surface area contributed by atoms with Crippen molar-refractivity contribution in [2.24, 2.45) is 10.2 Å². The van der Waals surface area contributed by atoms with Crippen LogP contribution in [0.4, 0.5) is 0 Å². The molecule has 2 amide bonds. The number of nitrogens with zero attached hydrogens (tertiary/aromatic N) is 3. The lowest BCUT2D eigenvalue weighted by Gasteiger charge is -1.99. The van der Waals surface area contributed by atoms with Crippen LogP contribution in [0, 0.1) is 0 Å². The van der Waals surface area contributed by atoms with Crippen LogP contribution in [0.2, 0.25) is 0 Å². The van der Waals surface area contributed by atoms with Gasteiger partial charge in [0.15, 0.2) is 0 Å². The van der Waals surface area contributed by atoms with E-state index in [1.807, 2.05) is 6.07 Å².